The van der Waals surface area contributed by atoms with Crippen LogP contribution in [0.4, 0.5) is 17.1 Å². The van der Waals surface area contributed by atoms with Gasteiger partial charge < -0.3 is 9.47 Å². The SMILES string of the molecule is c1ccc2c(c1)-c1ccccc1C21c2cc(N(c3ccc(-c4ccc5c(c4)sc4ccccc45)cc3)c3ccc4c(c3)C3(c5ccccc5-4)c4ccccc4-n4c5ccccc5c5cccc3c54)ccc2-c2c1ccc1ccccc21. The summed E-state index contributed by atoms with van der Waals surface area (Å²) in [6.07, 6.45) is 0. The number of benzene rings is 13. The summed E-state index contributed by atoms with van der Waals surface area (Å²) in [5.74, 6) is 0. The van der Waals surface area contributed by atoms with Crippen LogP contribution in [0.25, 0.3) is 103 Å². The Kier molecular flexibility index (Phi) is 8.57. The van der Waals surface area contributed by atoms with Crippen LogP contribution in [0, 0.1) is 0 Å². The van der Waals surface area contributed by atoms with E-state index in [0.29, 0.717) is 0 Å². The molecule has 0 bridgehead atoms. The third kappa shape index (κ3) is 5.47. The van der Waals surface area contributed by atoms with Crippen LogP contribution in [0.1, 0.15) is 44.5 Å². The summed E-state index contributed by atoms with van der Waals surface area (Å²) < 4.78 is 5.17. The maximum Gasteiger partial charge on any atom is 0.0755 e. The zero-order valence-corrected chi connectivity index (χ0v) is 44.7. The third-order valence-electron chi connectivity index (χ3n) is 19.0. The second-order valence-corrected chi connectivity index (χ2v) is 23.7. The first-order chi connectivity index (χ1) is 40.2. The minimum absolute atomic E-state index is 0.536. The number of anilines is 3. The summed E-state index contributed by atoms with van der Waals surface area (Å²) >= 11 is 1.87. The van der Waals surface area contributed by atoms with Crippen LogP contribution in [0.5, 0.6) is 0 Å². The van der Waals surface area contributed by atoms with Crippen molar-refractivity contribution < 1.29 is 0 Å². The maximum atomic E-state index is 2.55. The van der Waals surface area contributed by atoms with Gasteiger partial charge >= 0.3 is 0 Å². The number of para-hydroxylation sites is 3. The van der Waals surface area contributed by atoms with Crippen LogP contribution in [0.15, 0.2) is 279 Å². The Balaban J connectivity index is 0.877. The lowest BCUT2D eigenvalue weighted by Gasteiger charge is -2.40. The van der Waals surface area contributed by atoms with E-state index in [1.54, 1.807) is 0 Å². The average Bonchev–Trinajstić information content (AvgIpc) is 4.34. The van der Waals surface area contributed by atoms with E-state index >= 15 is 0 Å². The lowest BCUT2D eigenvalue weighted by atomic mass is 9.65. The average molecular weight is 1040 g/mol. The van der Waals surface area contributed by atoms with Crippen LogP contribution < -0.4 is 4.90 Å². The van der Waals surface area contributed by atoms with Gasteiger partial charge in [-0.15, -0.1) is 11.3 Å². The van der Waals surface area contributed by atoms with Gasteiger partial charge in [-0.05, 0) is 160 Å². The fraction of sp³-hybridized carbons (Fsp3) is 0.0256. The zero-order chi connectivity index (χ0) is 52.7. The lowest BCUT2D eigenvalue weighted by Crippen LogP contribution is -2.33. The molecule has 1 atom stereocenters. The van der Waals surface area contributed by atoms with E-state index in [4.69, 9.17) is 0 Å². The lowest BCUT2D eigenvalue weighted by molar-refractivity contribution is 0.748. The highest BCUT2D eigenvalue weighted by Gasteiger charge is 2.53. The van der Waals surface area contributed by atoms with Crippen molar-refractivity contribution in [1.29, 1.82) is 0 Å². The van der Waals surface area contributed by atoms with E-state index in [9.17, 15) is 0 Å². The molecule has 1 aliphatic heterocycles. The molecule has 0 radical (unpaired) electrons. The smallest absolute Gasteiger partial charge is 0.0755 e. The molecule has 2 spiro atoms. The van der Waals surface area contributed by atoms with Gasteiger partial charge in [-0.2, -0.15) is 0 Å². The fourth-order valence-electron chi connectivity index (χ4n) is 15.9. The van der Waals surface area contributed by atoms with Crippen molar-refractivity contribution in [3.63, 3.8) is 0 Å². The van der Waals surface area contributed by atoms with Crippen molar-refractivity contribution in [3.05, 3.63) is 324 Å². The van der Waals surface area contributed by atoms with Gasteiger partial charge in [0.05, 0.1) is 27.6 Å². The summed E-state index contributed by atoms with van der Waals surface area (Å²) in [7, 11) is 0. The van der Waals surface area contributed by atoms with Gasteiger partial charge in [0.25, 0.3) is 0 Å². The molecule has 4 aliphatic rings. The molecule has 81 heavy (non-hydrogen) atoms. The topological polar surface area (TPSA) is 8.17 Å². The first-order valence-corrected chi connectivity index (χ1v) is 29.0. The van der Waals surface area contributed by atoms with Crippen molar-refractivity contribution in [1.82, 2.24) is 4.57 Å². The monoisotopic (exact) mass is 1040 g/mol. The molecule has 3 heterocycles. The Morgan fingerprint density at radius 2 is 0.827 bits per heavy atom. The normalized spacial score (nSPS) is 15.3. The van der Waals surface area contributed by atoms with Gasteiger partial charge in [0.2, 0.25) is 0 Å². The Bertz CT molecular complexity index is 5220. The summed E-state index contributed by atoms with van der Waals surface area (Å²) in [6, 6.07) is 106. The summed E-state index contributed by atoms with van der Waals surface area (Å²) in [5, 5.41) is 7.73. The fourth-order valence-corrected chi connectivity index (χ4v) is 17.0. The molecule has 3 aliphatic carbocycles. The van der Waals surface area contributed by atoms with E-state index in [-0.39, 0.29) is 0 Å². The molecule has 2 nitrogen and oxygen atoms in total. The maximum absolute atomic E-state index is 2.55. The molecule has 15 aromatic rings. The molecule has 0 saturated carbocycles. The Hall–Kier alpha value is -10.1. The van der Waals surface area contributed by atoms with Crippen LogP contribution in [0.3, 0.4) is 0 Å². The van der Waals surface area contributed by atoms with E-state index in [2.05, 4.69) is 289 Å². The predicted octanol–water partition coefficient (Wildman–Crippen LogP) is 20.5. The van der Waals surface area contributed by atoms with Crippen molar-refractivity contribution in [2.24, 2.45) is 0 Å². The van der Waals surface area contributed by atoms with Gasteiger partial charge in [0.15, 0.2) is 0 Å². The number of fused-ring (bicyclic) bond motifs is 27. The number of aromatic nitrogens is 1. The second-order valence-electron chi connectivity index (χ2n) is 22.6. The minimum Gasteiger partial charge on any atom is -0.310 e. The number of thiophene rings is 1. The highest BCUT2D eigenvalue weighted by atomic mass is 32.1. The van der Waals surface area contributed by atoms with Crippen molar-refractivity contribution in [2.75, 3.05) is 4.90 Å². The van der Waals surface area contributed by atoms with E-state index in [1.165, 1.54) is 147 Å². The minimum atomic E-state index is -0.606. The molecule has 19 rings (SSSR count). The Morgan fingerprint density at radius 3 is 1.58 bits per heavy atom. The highest BCUT2D eigenvalue weighted by molar-refractivity contribution is 7.25. The summed E-state index contributed by atoms with van der Waals surface area (Å²) in [4.78, 5) is 2.55. The van der Waals surface area contributed by atoms with E-state index in [0.717, 1.165) is 17.1 Å². The van der Waals surface area contributed by atoms with Crippen LogP contribution >= 0.6 is 11.3 Å². The molecule has 0 saturated heterocycles. The van der Waals surface area contributed by atoms with Crippen LogP contribution in [-0.4, -0.2) is 4.57 Å². The molecular weight excluding hydrogens is 997 g/mol. The number of rotatable bonds is 4. The summed E-state index contributed by atoms with van der Waals surface area (Å²) in [6.45, 7) is 0. The Morgan fingerprint density at radius 1 is 0.296 bits per heavy atom. The predicted molar refractivity (Wildman–Crippen MR) is 338 cm³/mol. The largest absolute Gasteiger partial charge is 0.310 e. The van der Waals surface area contributed by atoms with E-state index < -0.39 is 10.8 Å². The van der Waals surface area contributed by atoms with Crippen LogP contribution in [0.2, 0.25) is 0 Å². The molecule has 2 aromatic heterocycles. The highest BCUT2D eigenvalue weighted by Crippen LogP contribution is 2.66. The molecule has 1 unspecified atom stereocenters. The van der Waals surface area contributed by atoms with Crippen molar-refractivity contribution in [2.45, 2.75) is 10.8 Å². The van der Waals surface area contributed by atoms with Gasteiger partial charge in [0.1, 0.15) is 0 Å². The number of hydrogen-bond donors (Lipinski definition) is 0. The number of hydrogen-bond acceptors (Lipinski definition) is 2. The van der Waals surface area contributed by atoms with Crippen molar-refractivity contribution in [3.8, 4) is 50.2 Å². The zero-order valence-electron chi connectivity index (χ0n) is 43.9. The summed E-state index contributed by atoms with van der Waals surface area (Å²) in [5.41, 5.74) is 26.7. The molecule has 13 aromatic carbocycles. The molecule has 374 valence electrons. The first kappa shape index (κ1) is 43.9. The number of nitrogens with zero attached hydrogens (tertiary/aromatic N) is 2. The van der Waals surface area contributed by atoms with Gasteiger partial charge in [-0.1, -0.05) is 218 Å². The molecule has 0 fully saturated rings. The van der Waals surface area contributed by atoms with Crippen molar-refractivity contribution >= 4 is 81.1 Å². The standard InChI is InChI=1S/C78H46N2S/c1-2-17-53-48(16-1)35-43-67-75(53)62-42-39-52(46-70(62)77(67)63-24-8-3-18-54(63)55-19-4-9-25-64(55)77)79(50-36-32-47(33-37-50)49-34-40-60-59-22-7-14-31-73(59)81-74(60)44-49)51-38-41-57-56-20-5-10-26-65(56)78(69(57)45-51)66-27-11-13-30-72(66)80-71-29-12-6-21-58(71)61-23-15-28-68(78)76(61)80/h1-46H. The Labute approximate surface area is 472 Å². The van der Waals surface area contributed by atoms with Gasteiger partial charge in [-0.25, -0.2) is 0 Å². The molecular formula is C78H46N2S. The molecule has 0 N–H and O–H groups in total. The third-order valence-corrected chi connectivity index (χ3v) is 20.1. The van der Waals surface area contributed by atoms with Gasteiger partial charge in [-0.3, -0.25) is 0 Å². The molecule has 0 amide bonds. The van der Waals surface area contributed by atoms with E-state index in [1.807, 2.05) is 11.3 Å². The second kappa shape index (κ2) is 15.8. The molecule has 3 heteroatoms. The first-order valence-electron chi connectivity index (χ1n) is 28.2. The van der Waals surface area contributed by atoms with Crippen LogP contribution in [-0.2, 0) is 10.8 Å². The van der Waals surface area contributed by atoms with Gasteiger partial charge in [0, 0.05) is 48.0 Å². The quantitative estimate of drug-likeness (QED) is 0.171.